The fourth-order valence-electron chi connectivity index (χ4n) is 5.30. The number of benzene rings is 1. The molecule has 0 radical (unpaired) electrons. The summed E-state index contributed by atoms with van der Waals surface area (Å²) in [4.78, 5) is 26.8. The summed E-state index contributed by atoms with van der Waals surface area (Å²) in [6.07, 6.45) is 8.06. The predicted molar refractivity (Wildman–Crippen MR) is 129 cm³/mol. The van der Waals surface area contributed by atoms with Crippen LogP contribution in [-0.2, 0) is 22.4 Å². The lowest BCUT2D eigenvalue weighted by Gasteiger charge is -2.30. The van der Waals surface area contributed by atoms with Crippen LogP contribution in [0.3, 0.4) is 0 Å². The van der Waals surface area contributed by atoms with Crippen molar-refractivity contribution in [2.45, 2.75) is 38.1 Å². The molecule has 2 aliphatic rings. The summed E-state index contributed by atoms with van der Waals surface area (Å²) in [5, 5.41) is 12.7. The molecule has 4 aromatic rings. The number of amides is 1. The van der Waals surface area contributed by atoms with Gasteiger partial charge >= 0.3 is 0 Å². The monoisotopic (exact) mass is 462 g/mol. The number of aromatic amines is 1. The molecule has 33 heavy (non-hydrogen) atoms. The lowest BCUT2D eigenvalue weighted by Crippen LogP contribution is -2.43. The zero-order valence-corrected chi connectivity index (χ0v) is 19.3. The Balaban J connectivity index is 1.27. The van der Waals surface area contributed by atoms with Crippen LogP contribution in [-0.4, -0.2) is 57.3 Å². The highest BCUT2D eigenvalue weighted by molar-refractivity contribution is 7.19. The van der Waals surface area contributed by atoms with Crippen molar-refractivity contribution >= 4 is 49.9 Å². The number of thiophene rings is 1. The predicted octanol–water partition coefficient (Wildman–Crippen LogP) is 4.05. The van der Waals surface area contributed by atoms with E-state index in [9.17, 15) is 4.79 Å². The molecule has 0 bridgehead atoms. The fourth-order valence-corrected chi connectivity index (χ4v) is 6.57. The number of ether oxygens (including phenoxy) is 1. The second kappa shape index (κ2) is 8.39. The lowest BCUT2D eigenvalue weighted by molar-refractivity contribution is -0.137. The largest absolute Gasteiger partial charge is 0.383 e. The van der Waals surface area contributed by atoms with Crippen LogP contribution < -0.4 is 5.32 Å². The molecule has 6 rings (SSSR count). The highest BCUT2D eigenvalue weighted by Gasteiger charge is 2.36. The second-order valence-electron chi connectivity index (χ2n) is 8.93. The van der Waals surface area contributed by atoms with Gasteiger partial charge in [-0.3, -0.25) is 9.89 Å². The molecule has 170 valence electrons. The molecular formula is C24H26N6O2S. The number of aromatic nitrogens is 4. The first-order chi connectivity index (χ1) is 16.2. The van der Waals surface area contributed by atoms with Crippen molar-refractivity contribution in [3.05, 3.63) is 41.2 Å². The molecule has 0 saturated carbocycles. The number of carbonyl (C=O) groups excluding carboxylic acids is 1. The van der Waals surface area contributed by atoms with Crippen molar-refractivity contribution in [1.82, 2.24) is 25.1 Å². The minimum Gasteiger partial charge on any atom is -0.383 e. The van der Waals surface area contributed by atoms with E-state index >= 15 is 0 Å². The van der Waals surface area contributed by atoms with Crippen LogP contribution in [0.2, 0.25) is 0 Å². The molecule has 4 heterocycles. The van der Waals surface area contributed by atoms with Crippen LogP contribution >= 0.6 is 11.3 Å². The summed E-state index contributed by atoms with van der Waals surface area (Å²) in [7, 11) is 1.71. The first kappa shape index (κ1) is 20.6. The molecule has 9 heteroatoms. The number of likely N-dealkylation sites (tertiary alicyclic amines) is 1. The lowest BCUT2D eigenvalue weighted by atomic mass is 9.86. The number of anilines is 2. The van der Waals surface area contributed by atoms with Crippen LogP contribution in [0.4, 0.5) is 11.5 Å². The van der Waals surface area contributed by atoms with Gasteiger partial charge in [-0.1, -0.05) is 0 Å². The Morgan fingerprint density at radius 2 is 2.27 bits per heavy atom. The van der Waals surface area contributed by atoms with E-state index in [2.05, 4.69) is 36.4 Å². The van der Waals surface area contributed by atoms with Gasteiger partial charge in [-0.05, 0) is 55.9 Å². The maximum absolute atomic E-state index is 13.3. The Labute approximate surface area is 195 Å². The van der Waals surface area contributed by atoms with Crippen LogP contribution in [0.1, 0.15) is 29.7 Å². The number of H-pyrrole nitrogens is 1. The fraction of sp³-hybridized carbons (Fsp3) is 0.417. The summed E-state index contributed by atoms with van der Waals surface area (Å²) in [6, 6.07) is 6.32. The summed E-state index contributed by atoms with van der Waals surface area (Å²) in [6.45, 7) is 1.48. The average Bonchev–Trinajstić information content (AvgIpc) is 3.56. The number of nitrogens with zero attached hydrogens (tertiary/aromatic N) is 4. The molecule has 2 atom stereocenters. The number of hydrogen-bond acceptors (Lipinski definition) is 7. The summed E-state index contributed by atoms with van der Waals surface area (Å²) >= 11 is 1.70. The molecular weight excluding hydrogens is 436 g/mol. The molecule has 1 aliphatic heterocycles. The maximum Gasteiger partial charge on any atom is 0.226 e. The summed E-state index contributed by atoms with van der Waals surface area (Å²) in [5.74, 6) is 1.15. The van der Waals surface area contributed by atoms with E-state index in [0.29, 0.717) is 6.61 Å². The van der Waals surface area contributed by atoms with Gasteiger partial charge in [0.2, 0.25) is 5.91 Å². The molecule has 2 unspecified atom stereocenters. The number of methoxy groups -OCH3 is 1. The van der Waals surface area contributed by atoms with E-state index in [-0.39, 0.29) is 17.9 Å². The molecule has 1 fully saturated rings. The Morgan fingerprint density at radius 1 is 1.33 bits per heavy atom. The van der Waals surface area contributed by atoms with Crippen molar-refractivity contribution in [3.8, 4) is 0 Å². The van der Waals surface area contributed by atoms with E-state index in [1.165, 1.54) is 10.4 Å². The van der Waals surface area contributed by atoms with E-state index in [0.717, 1.165) is 71.3 Å². The Kier molecular flexibility index (Phi) is 5.22. The van der Waals surface area contributed by atoms with Crippen LogP contribution in [0.5, 0.6) is 0 Å². The molecule has 1 saturated heterocycles. The van der Waals surface area contributed by atoms with Crippen LogP contribution in [0, 0.1) is 5.92 Å². The zero-order chi connectivity index (χ0) is 22.4. The van der Waals surface area contributed by atoms with Gasteiger partial charge in [-0.15, -0.1) is 11.3 Å². The van der Waals surface area contributed by atoms with Gasteiger partial charge in [0, 0.05) is 35.5 Å². The van der Waals surface area contributed by atoms with Gasteiger partial charge in [0.25, 0.3) is 0 Å². The smallest absolute Gasteiger partial charge is 0.226 e. The number of rotatable bonds is 5. The van der Waals surface area contributed by atoms with Crippen molar-refractivity contribution in [2.24, 2.45) is 5.92 Å². The highest BCUT2D eigenvalue weighted by atomic mass is 32.1. The normalized spacial score (nSPS) is 20.5. The van der Waals surface area contributed by atoms with Crippen LogP contribution in [0.15, 0.2) is 30.7 Å². The Hall–Kier alpha value is -3.04. The molecule has 1 aromatic carbocycles. The van der Waals surface area contributed by atoms with Crippen LogP contribution in [0.25, 0.3) is 21.1 Å². The SMILES string of the molecule is COCC1CCCN1C(=O)C1CCc2c(sc3ncnc(Nc4ccc5[nH]ncc5c4)c23)C1. The summed E-state index contributed by atoms with van der Waals surface area (Å²) < 4.78 is 5.35. The number of aryl methyl sites for hydroxylation is 1. The molecule has 8 nitrogen and oxygen atoms in total. The first-order valence-electron chi connectivity index (χ1n) is 11.5. The number of carbonyl (C=O) groups is 1. The van der Waals surface area contributed by atoms with Crippen molar-refractivity contribution < 1.29 is 9.53 Å². The molecule has 3 aromatic heterocycles. The van der Waals surface area contributed by atoms with E-state index < -0.39 is 0 Å². The molecule has 0 spiro atoms. The second-order valence-corrected chi connectivity index (χ2v) is 10.0. The van der Waals surface area contributed by atoms with Gasteiger partial charge in [0.15, 0.2) is 0 Å². The van der Waals surface area contributed by atoms with Crippen molar-refractivity contribution in [2.75, 3.05) is 25.6 Å². The van der Waals surface area contributed by atoms with Gasteiger partial charge in [0.1, 0.15) is 17.0 Å². The van der Waals surface area contributed by atoms with Gasteiger partial charge in [-0.25, -0.2) is 9.97 Å². The minimum atomic E-state index is 0.0379. The average molecular weight is 463 g/mol. The van der Waals surface area contributed by atoms with E-state index in [1.807, 2.05) is 18.3 Å². The third kappa shape index (κ3) is 3.65. The third-order valence-corrected chi connectivity index (χ3v) is 8.08. The van der Waals surface area contributed by atoms with Crippen molar-refractivity contribution in [1.29, 1.82) is 0 Å². The van der Waals surface area contributed by atoms with E-state index in [4.69, 9.17) is 4.74 Å². The van der Waals surface area contributed by atoms with Gasteiger partial charge < -0.3 is 15.0 Å². The Bertz CT molecular complexity index is 1330. The highest BCUT2D eigenvalue weighted by Crippen LogP contribution is 2.41. The third-order valence-electron chi connectivity index (χ3n) is 6.92. The van der Waals surface area contributed by atoms with Crippen molar-refractivity contribution in [3.63, 3.8) is 0 Å². The van der Waals surface area contributed by atoms with Gasteiger partial charge in [-0.2, -0.15) is 5.10 Å². The minimum absolute atomic E-state index is 0.0379. The number of nitrogens with one attached hydrogen (secondary N) is 2. The topological polar surface area (TPSA) is 96.0 Å². The summed E-state index contributed by atoms with van der Waals surface area (Å²) in [5.41, 5.74) is 3.26. The molecule has 1 aliphatic carbocycles. The maximum atomic E-state index is 13.3. The first-order valence-corrected chi connectivity index (χ1v) is 12.3. The molecule has 2 N–H and O–H groups in total. The quantitative estimate of drug-likeness (QED) is 0.464. The molecule has 1 amide bonds. The Morgan fingerprint density at radius 3 is 3.18 bits per heavy atom. The number of hydrogen-bond donors (Lipinski definition) is 2. The number of fused-ring (bicyclic) bond motifs is 4. The van der Waals surface area contributed by atoms with Gasteiger partial charge in [0.05, 0.1) is 29.7 Å². The van der Waals surface area contributed by atoms with E-state index in [1.54, 1.807) is 24.8 Å². The zero-order valence-electron chi connectivity index (χ0n) is 18.5. The standard InChI is InChI=1S/C24H26N6O2S/c1-32-12-17-3-2-8-30(17)24(31)14-4-6-18-20(10-14)33-23-21(18)22(25-13-26-23)28-16-5-7-19-15(9-16)11-27-29-19/h5,7,9,11,13-14,17H,2-4,6,8,10,12H2,1H3,(H,27,29)(H,25,26,28).